The van der Waals surface area contributed by atoms with E-state index in [1.54, 1.807) is 6.92 Å². The predicted molar refractivity (Wildman–Crippen MR) is 93.9 cm³/mol. The van der Waals surface area contributed by atoms with Crippen molar-refractivity contribution in [3.63, 3.8) is 0 Å². The van der Waals surface area contributed by atoms with Gasteiger partial charge in [-0.2, -0.15) is 0 Å². The molecule has 6 heteroatoms. The van der Waals surface area contributed by atoms with Gasteiger partial charge in [0.1, 0.15) is 0 Å². The molecule has 0 aliphatic carbocycles. The topological polar surface area (TPSA) is 47.1 Å². The molecule has 0 N–H and O–H groups in total. The van der Waals surface area contributed by atoms with Crippen molar-refractivity contribution in [1.29, 1.82) is 0 Å². The van der Waals surface area contributed by atoms with Crippen LogP contribution in [0.3, 0.4) is 0 Å². The maximum absolute atomic E-state index is 12.5. The predicted octanol–water partition coefficient (Wildman–Crippen LogP) is 0.499. The number of nitrogens with zero attached hydrogens (tertiary/aromatic N) is 4. The molecule has 1 aromatic carbocycles. The standard InChI is InChI=1S/C18H26N4O2/c1-16(23)20-9-7-19(8-10-20)15-18(24)22-13-11-21(12-14-22)17-5-3-2-4-6-17/h2-6H,7-15H2,1H3. The van der Waals surface area contributed by atoms with Gasteiger partial charge in [0, 0.05) is 65.0 Å². The van der Waals surface area contributed by atoms with E-state index in [2.05, 4.69) is 21.9 Å². The van der Waals surface area contributed by atoms with E-state index in [1.165, 1.54) is 5.69 Å². The van der Waals surface area contributed by atoms with Crippen molar-refractivity contribution in [3.05, 3.63) is 30.3 Å². The van der Waals surface area contributed by atoms with Crippen molar-refractivity contribution >= 4 is 17.5 Å². The normalized spacial score (nSPS) is 19.5. The number of anilines is 1. The Bertz CT molecular complexity index is 562. The van der Waals surface area contributed by atoms with Gasteiger partial charge in [0.15, 0.2) is 0 Å². The van der Waals surface area contributed by atoms with E-state index in [1.807, 2.05) is 28.0 Å². The molecule has 0 unspecified atom stereocenters. The molecule has 2 amide bonds. The van der Waals surface area contributed by atoms with Crippen LogP contribution in [0.2, 0.25) is 0 Å². The molecule has 130 valence electrons. The first-order chi connectivity index (χ1) is 11.6. The molecule has 1 aromatic rings. The first-order valence-electron chi connectivity index (χ1n) is 8.69. The molecule has 2 heterocycles. The summed E-state index contributed by atoms with van der Waals surface area (Å²) < 4.78 is 0. The zero-order valence-electron chi connectivity index (χ0n) is 14.4. The van der Waals surface area contributed by atoms with E-state index in [4.69, 9.17) is 0 Å². The molecule has 0 radical (unpaired) electrons. The van der Waals surface area contributed by atoms with Crippen molar-refractivity contribution in [2.45, 2.75) is 6.92 Å². The highest BCUT2D eigenvalue weighted by Gasteiger charge is 2.25. The average molecular weight is 330 g/mol. The highest BCUT2D eigenvalue weighted by molar-refractivity contribution is 5.78. The maximum atomic E-state index is 12.5. The third kappa shape index (κ3) is 4.06. The molecular formula is C18H26N4O2. The Hall–Kier alpha value is -2.08. The lowest BCUT2D eigenvalue weighted by atomic mass is 10.2. The molecule has 3 rings (SSSR count). The maximum Gasteiger partial charge on any atom is 0.236 e. The highest BCUT2D eigenvalue weighted by Crippen LogP contribution is 2.15. The van der Waals surface area contributed by atoms with E-state index in [-0.39, 0.29) is 11.8 Å². The SMILES string of the molecule is CC(=O)N1CCN(CC(=O)N2CCN(c3ccccc3)CC2)CC1. The Balaban J connectivity index is 1.43. The van der Waals surface area contributed by atoms with Gasteiger partial charge in [0.05, 0.1) is 6.54 Å². The summed E-state index contributed by atoms with van der Waals surface area (Å²) in [5.41, 5.74) is 1.23. The van der Waals surface area contributed by atoms with Gasteiger partial charge in [-0.1, -0.05) is 18.2 Å². The van der Waals surface area contributed by atoms with Crippen LogP contribution in [0.15, 0.2) is 30.3 Å². The largest absolute Gasteiger partial charge is 0.368 e. The quantitative estimate of drug-likeness (QED) is 0.810. The zero-order valence-corrected chi connectivity index (χ0v) is 14.4. The Morgan fingerprint density at radius 1 is 0.833 bits per heavy atom. The van der Waals surface area contributed by atoms with Gasteiger partial charge in [-0.3, -0.25) is 14.5 Å². The van der Waals surface area contributed by atoms with Crippen LogP contribution in [0.1, 0.15) is 6.92 Å². The van der Waals surface area contributed by atoms with E-state index < -0.39 is 0 Å². The van der Waals surface area contributed by atoms with Crippen molar-refractivity contribution < 1.29 is 9.59 Å². The Labute approximate surface area is 143 Å². The first-order valence-corrected chi connectivity index (χ1v) is 8.69. The summed E-state index contributed by atoms with van der Waals surface area (Å²) in [5.74, 6) is 0.331. The molecule has 0 aromatic heterocycles. The second kappa shape index (κ2) is 7.66. The van der Waals surface area contributed by atoms with Crippen molar-refractivity contribution in [1.82, 2.24) is 14.7 Å². The van der Waals surface area contributed by atoms with Crippen molar-refractivity contribution in [2.24, 2.45) is 0 Å². The van der Waals surface area contributed by atoms with Gasteiger partial charge in [-0.25, -0.2) is 0 Å². The molecule has 2 fully saturated rings. The second-order valence-corrected chi connectivity index (χ2v) is 6.49. The first kappa shape index (κ1) is 16.8. The lowest BCUT2D eigenvalue weighted by Crippen LogP contribution is -2.54. The number of benzene rings is 1. The van der Waals surface area contributed by atoms with Gasteiger partial charge >= 0.3 is 0 Å². The minimum atomic E-state index is 0.123. The third-order valence-electron chi connectivity index (χ3n) is 4.93. The van der Waals surface area contributed by atoms with Gasteiger partial charge in [-0.05, 0) is 12.1 Å². The fourth-order valence-electron chi connectivity index (χ4n) is 3.37. The van der Waals surface area contributed by atoms with Crippen LogP contribution in [-0.4, -0.2) is 85.4 Å². The van der Waals surface area contributed by atoms with Crippen molar-refractivity contribution in [3.8, 4) is 0 Å². The monoisotopic (exact) mass is 330 g/mol. The minimum Gasteiger partial charge on any atom is -0.368 e. The number of hydrogen-bond acceptors (Lipinski definition) is 4. The smallest absolute Gasteiger partial charge is 0.236 e. The summed E-state index contributed by atoms with van der Waals surface area (Å²) in [4.78, 5) is 32.2. The van der Waals surface area contributed by atoms with Crippen LogP contribution < -0.4 is 4.90 Å². The van der Waals surface area contributed by atoms with Gasteiger partial charge < -0.3 is 14.7 Å². The van der Waals surface area contributed by atoms with E-state index >= 15 is 0 Å². The number of hydrogen-bond donors (Lipinski definition) is 0. The van der Waals surface area contributed by atoms with E-state index in [0.29, 0.717) is 6.54 Å². The molecule has 2 aliphatic rings. The Morgan fingerprint density at radius 3 is 2.00 bits per heavy atom. The molecule has 0 atom stereocenters. The van der Waals surface area contributed by atoms with E-state index in [9.17, 15) is 9.59 Å². The third-order valence-corrected chi connectivity index (χ3v) is 4.93. The summed E-state index contributed by atoms with van der Waals surface area (Å²) in [6.45, 7) is 8.42. The lowest BCUT2D eigenvalue weighted by molar-refractivity contribution is -0.134. The average Bonchev–Trinajstić information content (AvgIpc) is 2.63. The number of carbonyl (C=O) groups is 2. The van der Waals surface area contributed by atoms with Crippen LogP contribution in [0, 0.1) is 0 Å². The molecular weight excluding hydrogens is 304 g/mol. The summed E-state index contributed by atoms with van der Waals surface area (Å²) in [6, 6.07) is 10.4. The second-order valence-electron chi connectivity index (χ2n) is 6.49. The van der Waals surface area contributed by atoms with E-state index in [0.717, 1.165) is 52.4 Å². The fourth-order valence-corrected chi connectivity index (χ4v) is 3.37. The lowest BCUT2D eigenvalue weighted by Gasteiger charge is -2.38. The van der Waals surface area contributed by atoms with Crippen molar-refractivity contribution in [2.75, 3.05) is 63.8 Å². The molecule has 2 aliphatic heterocycles. The van der Waals surface area contributed by atoms with Gasteiger partial charge in [0.2, 0.25) is 11.8 Å². The molecule has 2 saturated heterocycles. The van der Waals surface area contributed by atoms with Gasteiger partial charge in [-0.15, -0.1) is 0 Å². The number of amides is 2. The molecule has 24 heavy (non-hydrogen) atoms. The summed E-state index contributed by atoms with van der Waals surface area (Å²) >= 11 is 0. The number of para-hydroxylation sites is 1. The van der Waals surface area contributed by atoms with Gasteiger partial charge in [0.25, 0.3) is 0 Å². The number of carbonyl (C=O) groups excluding carboxylic acids is 2. The van der Waals surface area contributed by atoms with Crippen LogP contribution >= 0.6 is 0 Å². The van der Waals surface area contributed by atoms with Crippen LogP contribution in [0.4, 0.5) is 5.69 Å². The van der Waals surface area contributed by atoms with Crippen LogP contribution in [0.25, 0.3) is 0 Å². The highest BCUT2D eigenvalue weighted by atomic mass is 16.2. The summed E-state index contributed by atoms with van der Waals surface area (Å²) in [6.07, 6.45) is 0. The van der Waals surface area contributed by atoms with Crippen LogP contribution in [-0.2, 0) is 9.59 Å². The summed E-state index contributed by atoms with van der Waals surface area (Å²) in [7, 11) is 0. The minimum absolute atomic E-state index is 0.123. The molecule has 0 saturated carbocycles. The van der Waals surface area contributed by atoms with Crippen LogP contribution in [0.5, 0.6) is 0 Å². The number of piperazine rings is 2. The Morgan fingerprint density at radius 2 is 1.42 bits per heavy atom. The Kier molecular flexibility index (Phi) is 5.35. The molecule has 6 nitrogen and oxygen atoms in total. The zero-order chi connectivity index (χ0) is 16.9. The number of rotatable bonds is 3. The fraction of sp³-hybridized carbons (Fsp3) is 0.556. The molecule has 0 bridgehead atoms. The molecule has 0 spiro atoms. The summed E-state index contributed by atoms with van der Waals surface area (Å²) in [5, 5.41) is 0.